The van der Waals surface area contributed by atoms with Crippen molar-refractivity contribution in [3.8, 4) is 0 Å². The molecule has 19 heavy (non-hydrogen) atoms. The molecule has 1 aromatic rings. The first-order chi connectivity index (χ1) is 8.67. The molecule has 0 aliphatic heterocycles. The summed E-state index contributed by atoms with van der Waals surface area (Å²) < 4.78 is 28.7. The lowest BCUT2D eigenvalue weighted by Crippen LogP contribution is -2.33. The van der Waals surface area contributed by atoms with Crippen LogP contribution in [-0.4, -0.2) is 33.4 Å². The highest BCUT2D eigenvalue weighted by molar-refractivity contribution is 7.90. The van der Waals surface area contributed by atoms with E-state index in [4.69, 9.17) is 10.5 Å². The molecule has 0 aliphatic carbocycles. The van der Waals surface area contributed by atoms with Gasteiger partial charge in [0.15, 0.2) is 9.84 Å². The van der Waals surface area contributed by atoms with Crippen LogP contribution in [0.4, 0.5) is 11.4 Å². The number of sulfone groups is 1. The van der Waals surface area contributed by atoms with E-state index < -0.39 is 9.84 Å². The van der Waals surface area contributed by atoms with Crippen molar-refractivity contribution in [2.24, 2.45) is 0 Å². The summed E-state index contributed by atoms with van der Waals surface area (Å²) in [6.07, 6.45) is 1.15. The number of anilines is 2. The largest absolute Gasteiger partial charge is 0.396 e. The number of rotatable bonds is 6. The number of nitrogens with one attached hydrogen (secondary N) is 1. The van der Waals surface area contributed by atoms with Crippen LogP contribution in [0.3, 0.4) is 0 Å². The Hall–Kier alpha value is -1.27. The highest BCUT2D eigenvalue weighted by Crippen LogP contribution is 2.27. The monoisotopic (exact) mass is 286 g/mol. The SMILES string of the molecule is CCOC(C)(C)CNc1cccc(S(C)(=O)=O)c1N. The molecule has 0 heterocycles. The quantitative estimate of drug-likeness (QED) is 0.781. The van der Waals surface area contributed by atoms with Gasteiger partial charge in [-0.1, -0.05) is 6.07 Å². The molecule has 0 radical (unpaired) electrons. The van der Waals surface area contributed by atoms with Crippen molar-refractivity contribution in [2.75, 3.05) is 30.5 Å². The van der Waals surface area contributed by atoms with Crippen LogP contribution in [-0.2, 0) is 14.6 Å². The fraction of sp³-hybridized carbons (Fsp3) is 0.538. The van der Waals surface area contributed by atoms with Gasteiger partial charge in [0, 0.05) is 19.4 Å². The maximum atomic E-state index is 11.6. The summed E-state index contributed by atoms with van der Waals surface area (Å²) in [5.41, 5.74) is 6.40. The van der Waals surface area contributed by atoms with Crippen LogP contribution in [0.25, 0.3) is 0 Å². The predicted octanol–water partition coefficient (Wildman–Crippen LogP) is 1.90. The zero-order valence-corrected chi connectivity index (χ0v) is 12.7. The molecule has 1 rings (SSSR count). The lowest BCUT2D eigenvalue weighted by molar-refractivity contribution is 0.000708. The molecule has 0 saturated heterocycles. The second-order valence-electron chi connectivity index (χ2n) is 5.04. The Morgan fingerprint density at radius 2 is 2.00 bits per heavy atom. The van der Waals surface area contributed by atoms with E-state index in [1.54, 1.807) is 12.1 Å². The summed E-state index contributed by atoms with van der Waals surface area (Å²) in [6, 6.07) is 4.93. The van der Waals surface area contributed by atoms with E-state index in [0.29, 0.717) is 18.8 Å². The van der Waals surface area contributed by atoms with Gasteiger partial charge in [-0.2, -0.15) is 0 Å². The number of nitrogens with two attached hydrogens (primary N) is 1. The third-order valence-corrected chi connectivity index (χ3v) is 3.86. The van der Waals surface area contributed by atoms with Crippen LogP contribution in [0.1, 0.15) is 20.8 Å². The highest BCUT2D eigenvalue weighted by Gasteiger charge is 2.19. The van der Waals surface area contributed by atoms with E-state index in [0.717, 1.165) is 6.26 Å². The summed E-state index contributed by atoms with van der Waals surface area (Å²) in [4.78, 5) is 0.145. The molecule has 3 N–H and O–H groups in total. The normalized spacial score (nSPS) is 12.4. The molecule has 0 aliphatic rings. The van der Waals surface area contributed by atoms with Crippen LogP contribution in [0.2, 0.25) is 0 Å². The molecule has 0 fully saturated rings. The maximum absolute atomic E-state index is 11.6. The number of ether oxygens (including phenoxy) is 1. The Labute approximate surface area is 115 Å². The topological polar surface area (TPSA) is 81.4 Å². The van der Waals surface area contributed by atoms with Gasteiger partial charge in [-0.15, -0.1) is 0 Å². The summed E-state index contributed by atoms with van der Waals surface area (Å²) in [6.45, 7) is 7.01. The summed E-state index contributed by atoms with van der Waals surface area (Å²) in [7, 11) is -3.32. The first-order valence-electron chi connectivity index (χ1n) is 6.14. The molecular formula is C13H22N2O3S. The highest BCUT2D eigenvalue weighted by atomic mass is 32.2. The molecule has 0 aromatic heterocycles. The molecular weight excluding hydrogens is 264 g/mol. The molecule has 5 nitrogen and oxygen atoms in total. The third kappa shape index (κ3) is 4.40. The number of benzene rings is 1. The van der Waals surface area contributed by atoms with E-state index >= 15 is 0 Å². The standard InChI is InChI=1S/C13H22N2O3S/c1-5-18-13(2,3)9-15-10-7-6-8-11(12(10)14)19(4,16)17/h6-8,15H,5,9,14H2,1-4H3. The summed E-state index contributed by atoms with van der Waals surface area (Å²) in [5, 5.41) is 3.14. The minimum absolute atomic E-state index is 0.145. The number of hydrogen-bond acceptors (Lipinski definition) is 5. The molecule has 0 amide bonds. The molecule has 0 spiro atoms. The minimum atomic E-state index is -3.32. The number of nitrogen functional groups attached to an aromatic ring is 1. The van der Waals surface area contributed by atoms with Gasteiger partial charge in [-0.25, -0.2) is 8.42 Å². The van der Waals surface area contributed by atoms with E-state index in [2.05, 4.69) is 5.32 Å². The van der Waals surface area contributed by atoms with Crippen molar-refractivity contribution < 1.29 is 13.2 Å². The van der Waals surface area contributed by atoms with Crippen molar-refractivity contribution in [3.05, 3.63) is 18.2 Å². The van der Waals surface area contributed by atoms with E-state index in [-0.39, 0.29) is 16.2 Å². The molecule has 6 heteroatoms. The molecule has 0 unspecified atom stereocenters. The smallest absolute Gasteiger partial charge is 0.177 e. The first-order valence-corrected chi connectivity index (χ1v) is 8.03. The van der Waals surface area contributed by atoms with Crippen molar-refractivity contribution in [1.82, 2.24) is 0 Å². The van der Waals surface area contributed by atoms with Crippen molar-refractivity contribution in [1.29, 1.82) is 0 Å². The Morgan fingerprint density at radius 1 is 1.37 bits per heavy atom. The fourth-order valence-electron chi connectivity index (χ4n) is 1.77. The van der Waals surface area contributed by atoms with Crippen LogP contribution in [0.15, 0.2) is 23.1 Å². The maximum Gasteiger partial charge on any atom is 0.177 e. The van der Waals surface area contributed by atoms with Crippen LogP contribution >= 0.6 is 0 Å². The van der Waals surface area contributed by atoms with Gasteiger partial charge in [-0.05, 0) is 32.9 Å². The second-order valence-corrected chi connectivity index (χ2v) is 7.02. The van der Waals surface area contributed by atoms with Crippen LogP contribution < -0.4 is 11.1 Å². The minimum Gasteiger partial charge on any atom is -0.396 e. The van der Waals surface area contributed by atoms with Crippen LogP contribution in [0, 0.1) is 0 Å². The molecule has 1 aromatic carbocycles. The average Bonchev–Trinajstić information content (AvgIpc) is 2.26. The fourth-order valence-corrected chi connectivity index (χ4v) is 2.61. The van der Waals surface area contributed by atoms with Gasteiger partial charge in [-0.3, -0.25) is 0 Å². The van der Waals surface area contributed by atoms with Gasteiger partial charge in [0.05, 0.1) is 21.9 Å². The lowest BCUT2D eigenvalue weighted by Gasteiger charge is -2.26. The predicted molar refractivity (Wildman–Crippen MR) is 78.2 cm³/mol. The summed E-state index contributed by atoms with van der Waals surface area (Å²) in [5.74, 6) is 0. The molecule has 0 atom stereocenters. The van der Waals surface area contributed by atoms with Crippen molar-refractivity contribution >= 4 is 21.2 Å². The summed E-state index contributed by atoms with van der Waals surface area (Å²) >= 11 is 0. The zero-order chi connectivity index (χ0) is 14.7. The van der Waals surface area contributed by atoms with Gasteiger partial charge in [0.1, 0.15) is 0 Å². The third-order valence-electron chi connectivity index (χ3n) is 2.71. The van der Waals surface area contributed by atoms with E-state index in [1.165, 1.54) is 6.07 Å². The van der Waals surface area contributed by atoms with Gasteiger partial charge < -0.3 is 15.8 Å². The van der Waals surface area contributed by atoms with Crippen molar-refractivity contribution in [2.45, 2.75) is 31.3 Å². The first kappa shape index (κ1) is 15.8. The Bertz CT molecular complexity index is 539. The van der Waals surface area contributed by atoms with E-state index in [9.17, 15) is 8.42 Å². The average molecular weight is 286 g/mol. The second kappa shape index (κ2) is 5.79. The Balaban J connectivity index is 2.92. The van der Waals surface area contributed by atoms with Gasteiger partial charge in [0.25, 0.3) is 0 Å². The molecule has 0 saturated carbocycles. The molecule has 108 valence electrons. The Morgan fingerprint density at radius 3 is 2.53 bits per heavy atom. The van der Waals surface area contributed by atoms with Crippen LogP contribution in [0.5, 0.6) is 0 Å². The van der Waals surface area contributed by atoms with Crippen molar-refractivity contribution in [3.63, 3.8) is 0 Å². The number of hydrogen-bond donors (Lipinski definition) is 2. The molecule has 0 bridgehead atoms. The zero-order valence-electron chi connectivity index (χ0n) is 11.9. The van der Waals surface area contributed by atoms with Gasteiger partial charge in [0.2, 0.25) is 0 Å². The van der Waals surface area contributed by atoms with Gasteiger partial charge >= 0.3 is 0 Å². The number of para-hydroxylation sites is 1. The van der Waals surface area contributed by atoms with E-state index in [1.807, 2.05) is 20.8 Å². The lowest BCUT2D eigenvalue weighted by atomic mass is 10.1. The Kier molecular flexibility index (Phi) is 4.81.